The second-order valence-electron chi connectivity index (χ2n) is 5.04. The topological polar surface area (TPSA) is 9.23 Å². The molecule has 0 radical (unpaired) electrons. The van der Waals surface area contributed by atoms with Crippen molar-refractivity contribution in [3.8, 4) is 37.1 Å². The summed E-state index contributed by atoms with van der Waals surface area (Å²) in [4.78, 5) is 3.75. The van der Waals surface area contributed by atoms with Gasteiger partial charge in [0.2, 0.25) is 0 Å². The fraction of sp³-hybridized carbons (Fsp3) is 0.0526. The Kier molecular flexibility index (Phi) is 4.04. The Bertz CT molecular complexity index is 833. The third-order valence-electron chi connectivity index (χ3n) is 3.67. The van der Waals surface area contributed by atoms with Crippen LogP contribution in [0.2, 0.25) is 0 Å². The van der Waals surface area contributed by atoms with Crippen LogP contribution in [0.15, 0.2) is 64.7 Å². The maximum absolute atomic E-state index is 5.81. The van der Waals surface area contributed by atoms with Gasteiger partial charge in [0.15, 0.2) is 0 Å². The molecule has 0 saturated carbocycles. The standard InChI is InChI=1S/C19H14OS3/c1-20-19-14(17-6-3-9-22-17)11-13(16-5-2-8-21-16)12-15(19)18-7-4-10-23-18/h2-12H,1H3. The fourth-order valence-electron chi connectivity index (χ4n) is 2.66. The Morgan fingerprint density at radius 1 is 0.696 bits per heavy atom. The van der Waals surface area contributed by atoms with E-state index in [4.69, 9.17) is 4.74 Å². The number of methoxy groups -OCH3 is 1. The summed E-state index contributed by atoms with van der Waals surface area (Å²) < 4.78 is 5.81. The third kappa shape index (κ3) is 2.74. The lowest BCUT2D eigenvalue weighted by atomic mass is 10.0. The first-order valence-corrected chi connectivity index (χ1v) is 9.84. The Morgan fingerprint density at radius 2 is 1.17 bits per heavy atom. The van der Waals surface area contributed by atoms with Crippen molar-refractivity contribution >= 4 is 34.0 Å². The zero-order chi connectivity index (χ0) is 15.6. The normalized spacial score (nSPS) is 10.8. The van der Waals surface area contributed by atoms with Crippen LogP contribution in [0, 0.1) is 0 Å². The van der Waals surface area contributed by atoms with Crippen LogP contribution in [0.1, 0.15) is 0 Å². The highest BCUT2D eigenvalue weighted by atomic mass is 32.1. The summed E-state index contributed by atoms with van der Waals surface area (Å²) in [5.41, 5.74) is 3.57. The van der Waals surface area contributed by atoms with Gasteiger partial charge in [-0.15, -0.1) is 34.0 Å². The predicted octanol–water partition coefficient (Wildman–Crippen LogP) is 6.88. The van der Waals surface area contributed by atoms with Crippen molar-refractivity contribution in [3.05, 3.63) is 64.7 Å². The molecule has 0 atom stereocenters. The van der Waals surface area contributed by atoms with Crippen LogP contribution in [0.25, 0.3) is 31.3 Å². The fourth-order valence-corrected chi connectivity index (χ4v) is 4.86. The second kappa shape index (κ2) is 6.32. The summed E-state index contributed by atoms with van der Waals surface area (Å²) in [6.45, 7) is 0. The van der Waals surface area contributed by atoms with Gasteiger partial charge in [0.25, 0.3) is 0 Å². The van der Waals surface area contributed by atoms with Gasteiger partial charge in [-0.3, -0.25) is 0 Å². The number of hydrogen-bond donors (Lipinski definition) is 0. The zero-order valence-electron chi connectivity index (χ0n) is 12.5. The summed E-state index contributed by atoms with van der Waals surface area (Å²) in [7, 11) is 1.76. The van der Waals surface area contributed by atoms with Gasteiger partial charge in [-0.05, 0) is 52.0 Å². The van der Waals surface area contributed by atoms with Gasteiger partial charge < -0.3 is 4.74 Å². The van der Waals surface area contributed by atoms with E-state index in [0.29, 0.717) is 0 Å². The van der Waals surface area contributed by atoms with Crippen molar-refractivity contribution in [1.82, 2.24) is 0 Å². The van der Waals surface area contributed by atoms with E-state index in [-0.39, 0.29) is 0 Å². The molecular weight excluding hydrogens is 340 g/mol. The summed E-state index contributed by atoms with van der Waals surface area (Å²) in [6.07, 6.45) is 0. The molecule has 3 aromatic heterocycles. The lowest BCUT2D eigenvalue weighted by Gasteiger charge is -2.14. The minimum Gasteiger partial charge on any atom is -0.495 e. The van der Waals surface area contributed by atoms with Crippen molar-refractivity contribution in [1.29, 1.82) is 0 Å². The molecule has 0 aliphatic carbocycles. The Morgan fingerprint density at radius 3 is 1.57 bits per heavy atom. The minimum atomic E-state index is 0.954. The molecular formula is C19H14OS3. The second-order valence-corrected chi connectivity index (χ2v) is 7.88. The van der Waals surface area contributed by atoms with E-state index in [9.17, 15) is 0 Å². The van der Waals surface area contributed by atoms with Crippen LogP contribution in [0.4, 0.5) is 0 Å². The maximum Gasteiger partial charge on any atom is 0.136 e. The largest absolute Gasteiger partial charge is 0.495 e. The molecule has 0 unspecified atom stereocenters. The van der Waals surface area contributed by atoms with Crippen molar-refractivity contribution in [2.75, 3.05) is 7.11 Å². The van der Waals surface area contributed by atoms with Crippen LogP contribution in [-0.4, -0.2) is 7.11 Å². The first kappa shape index (κ1) is 14.7. The predicted molar refractivity (Wildman–Crippen MR) is 103 cm³/mol. The lowest BCUT2D eigenvalue weighted by molar-refractivity contribution is 0.418. The zero-order valence-corrected chi connectivity index (χ0v) is 14.9. The number of thiophene rings is 3. The number of hydrogen-bond acceptors (Lipinski definition) is 4. The number of rotatable bonds is 4. The molecule has 1 nitrogen and oxygen atoms in total. The SMILES string of the molecule is COc1c(-c2cccs2)cc(-c2cccs2)cc1-c1cccs1. The molecule has 4 aromatic rings. The molecule has 0 bridgehead atoms. The lowest BCUT2D eigenvalue weighted by Crippen LogP contribution is -1.91. The molecule has 4 heteroatoms. The molecule has 0 aliphatic heterocycles. The molecule has 1 aromatic carbocycles. The Hall–Kier alpha value is -1.88. The first-order chi connectivity index (χ1) is 11.4. The van der Waals surface area contributed by atoms with E-state index in [0.717, 1.165) is 16.9 Å². The monoisotopic (exact) mass is 354 g/mol. The van der Waals surface area contributed by atoms with Crippen LogP contribution < -0.4 is 4.74 Å². The Labute approximate surface area is 147 Å². The van der Waals surface area contributed by atoms with Gasteiger partial charge >= 0.3 is 0 Å². The molecule has 0 amide bonds. The van der Waals surface area contributed by atoms with Gasteiger partial charge in [-0.25, -0.2) is 0 Å². The summed E-state index contributed by atoms with van der Waals surface area (Å²) in [5, 5.41) is 6.34. The highest BCUT2D eigenvalue weighted by Crippen LogP contribution is 2.45. The van der Waals surface area contributed by atoms with Gasteiger partial charge in [0.1, 0.15) is 5.75 Å². The molecule has 23 heavy (non-hydrogen) atoms. The third-order valence-corrected chi connectivity index (χ3v) is 6.40. The van der Waals surface area contributed by atoms with Gasteiger partial charge in [0.05, 0.1) is 7.11 Å². The van der Waals surface area contributed by atoms with E-state index in [2.05, 4.69) is 64.7 Å². The van der Waals surface area contributed by atoms with E-state index < -0.39 is 0 Å². The van der Waals surface area contributed by atoms with Crippen molar-refractivity contribution in [3.63, 3.8) is 0 Å². The van der Waals surface area contributed by atoms with E-state index in [1.807, 2.05) is 0 Å². The summed E-state index contributed by atoms with van der Waals surface area (Å²) in [5.74, 6) is 0.954. The van der Waals surface area contributed by atoms with Crippen LogP contribution >= 0.6 is 34.0 Å². The van der Waals surface area contributed by atoms with Gasteiger partial charge in [-0.1, -0.05) is 18.2 Å². The van der Waals surface area contributed by atoms with Crippen molar-refractivity contribution in [2.45, 2.75) is 0 Å². The quantitative estimate of drug-likeness (QED) is 0.388. The average molecular weight is 355 g/mol. The molecule has 0 spiro atoms. The smallest absolute Gasteiger partial charge is 0.136 e. The minimum absolute atomic E-state index is 0.954. The molecule has 0 fully saturated rings. The summed E-state index contributed by atoms with van der Waals surface area (Å²) in [6, 6.07) is 17.2. The van der Waals surface area contributed by atoms with Crippen LogP contribution in [0.3, 0.4) is 0 Å². The summed E-state index contributed by atoms with van der Waals surface area (Å²) >= 11 is 5.26. The van der Waals surface area contributed by atoms with E-state index in [1.54, 1.807) is 41.1 Å². The molecule has 0 saturated heterocycles. The molecule has 0 aliphatic rings. The van der Waals surface area contributed by atoms with Crippen molar-refractivity contribution in [2.24, 2.45) is 0 Å². The highest BCUT2D eigenvalue weighted by Gasteiger charge is 2.17. The molecule has 114 valence electrons. The molecule has 0 N–H and O–H groups in total. The number of benzene rings is 1. The van der Waals surface area contributed by atoms with E-state index in [1.165, 1.54) is 20.2 Å². The highest BCUT2D eigenvalue weighted by molar-refractivity contribution is 7.14. The molecule has 4 rings (SSSR count). The molecule has 3 heterocycles. The average Bonchev–Trinajstić information content (AvgIpc) is 3.37. The van der Waals surface area contributed by atoms with Gasteiger partial charge in [-0.2, -0.15) is 0 Å². The Balaban J connectivity index is 2.01. The van der Waals surface area contributed by atoms with Crippen LogP contribution in [-0.2, 0) is 0 Å². The first-order valence-electron chi connectivity index (χ1n) is 7.20. The van der Waals surface area contributed by atoms with Crippen LogP contribution in [0.5, 0.6) is 5.75 Å². The number of ether oxygens (including phenoxy) is 1. The van der Waals surface area contributed by atoms with Crippen molar-refractivity contribution < 1.29 is 4.74 Å². The maximum atomic E-state index is 5.81. The van der Waals surface area contributed by atoms with Gasteiger partial charge in [0, 0.05) is 25.8 Å². The van der Waals surface area contributed by atoms with E-state index >= 15 is 0 Å².